The van der Waals surface area contributed by atoms with Crippen molar-refractivity contribution in [1.82, 2.24) is 14.9 Å². The number of carbonyl (C=O) groups excluding carboxylic acids is 1. The summed E-state index contributed by atoms with van der Waals surface area (Å²) in [4.78, 5) is 16.9. The maximum atomic E-state index is 12.3. The second-order valence-corrected chi connectivity index (χ2v) is 6.80. The van der Waals surface area contributed by atoms with Crippen LogP contribution in [0.2, 0.25) is 0 Å². The summed E-state index contributed by atoms with van der Waals surface area (Å²) in [7, 11) is 1.62. The molecule has 4 aromatic rings. The van der Waals surface area contributed by atoms with E-state index in [1.54, 1.807) is 13.4 Å². The van der Waals surface area contributed by atoms with Gasteiger partial charge in [-0.25, -0.2) is 4.98 Å². The summed E-state index contributed by atoms with van der Waals surface area (Å²) in [5.74, 6) is 1.72. The first kappa shape index (κ1) is 18.1. The Morgan fingerprint density at radius 1 is 1.25 bits per heavy atom. The second-order valence-electron chi connectivity index (χ2n) is 6.80. The van der Waals surface area contributed by atoms with Gasteiger partial charge in [0.2, 0.25) is 5.91 Å². The van der Waals surface area contributed by atoms with Gasteiger partial charge in [-0.15, -0.1) is 0 Å². The Kier molecular flexibility index (Phi) is 5.02. The van der Waals surface area contributed by atoms with Gasteiger partial charge in [-0.2, -0.15) is 0 Å². The number of fused-ring (bicyclic) bond motifs is 2. The maximum absolute atomic E-state index is 12.3. The summed E-state index contributed by atoms with van der Waals surface area (Å²) in [5, 5.41) is 3.94. The molecule has 0 aliphatic carbocycles. The Hall–Kier alpha value is -3.28. The second kappa shape index (κ2) is 7.76. The predicted octanol–water partition coefficient (Wildman–Crippen LogP) is 3.85. The molecule has 0 atom stereocenters. The van der Waals surface area contributed by atoms with Crippen LogP contribution >= 0.6 is 0 Å². The number of nitrogens with zero attached hydrogens (tertiary/aromatic N) is 2. The van der Waals surface area contributed by atoms with Gasteiger partial charge in [-0.1, -0.05) is 12.1 Å². The average Bonchev–Trinajstić information content (AvgIpc) is 3.25. The molecular weight excluding hydrogens is 354 g/mol. The third-order valence-electron chi connectivity index (χ3n) is 4.94. The lowest BCUT2D eigenvalue weighted by atomic mass is 10.1. The first-order chi connectivity index (χ1) is 13.7. The summed E-state index contributed by atoms with van der Waals surface area (Å²) in [6.07, 6.45) is 2.79. The molecule has 0 fully saturated rings. The van der Waals surface area contributed by atoms with Crippen LogP contribution in [0.15, 0.2) is 53.1 Å². The van der Waals surface area contributed by atoms with E-state index in [0.717, 1.165) is 52.1 Å². The molecule has 0 aliphatic heterocycles. The van der Waals surface area contributed by atoms with Gasteiger partial charge in [0, 0.05) is 30.1 Å². The fourth-order valence-electron chi connectivity index (χ4n) is 3.51. The number of para-hydroxylation sites is 2. The Labute approximate surface area is 163 Å². The monoisotopic (exact) mass is 377 g/mol. The van der Waals surface area contributed by atoms with Crippen molar-refractivity contribution in [1.29, 1.82) is 0 Å². The molecule has 0 aliphatic rings. The molecule has 4 rings (SSSR count). The largest absolute Gasteiger partial charge is 0.497 e. The number of methoxy groups -OCH3 is 1. The maximum Gasteiger partial charge on any atom is 0.224 e. The molecule has 144 valence electrons. The van der Waals surface area contributed by atoms with Gasteiger partial charge in [-0.3, -0.25) is 4.79 Å². The number of rotatable bonds is 7. The van der Waals surface area contributed by atoms with Crippen molar-refractivity contribution in [2.24, 2.45) is 0 Å². The summed E-state index contributed by atoms with van der Waals surface area (Å²) in [6, 6.07) is 13.7. The van der Waals surface area contributed by atoms with Crippen LogP contribution in [-0.2, 0) is 17.8 Å². The van der Waals surface area contributed by atoms with Gasteiger partial charge < -0.3 is 19.0 Å². The Morgan fingerprint density at radius 3 is 2.96 bits per heavy atom. The highest BCUT2D eigenvalue weighted by atomic mass is 16.5. The third-order valence-corrected chi connectivity index (χ3v) is 4.94. The van der Waals surface area contributed by atoms with E-state index >= 15 is 0 Å². The van der Waals surface area contributed by atoms with Crippen LogP contribution in [0.1, 0.15) is 17.8 Å². The van der Waals surface area contributed by atoms with Crippen molar-refractivity contribution in [3.8, 4) is 5.75 Å². The van der Waals surface area contributed by atoms with Crippen molar-refractivity contribution in [3.05, 3.63) is 60.1 Å². The number of benzene rings is 2. The summed E-state index contributed by atoms with van der Waals surface area (Å²) in [6.45, 7) is 3.45. The Bertz CT molecular complexity index is 1130. The number of hydrogen-bond donors (Lipinski definition) is 1. The topological polar surface area (TPSA) is 69.3 Å². The zero-order valence-electron chi connectivity index (χ0n) is 16.1. The normalized spacial score (nSPS) is 11.2. The van der Waals surface area contributed by atoms with Crippen LogP contribution in [0, 0.1) is 6.92 Å². The fourth-order valence-corrected chi connectivity index (χ4v) is 3.51. The van der Waals surface area contributed by atoms with Crippen LogP contribution in [-0.4, -0.2) is 29.1 Å². The van der Waals surface area contributed by atoms with E-state index in [-0.39, 0.29) is 5.91 Å². The van der Waals surface area contributed by atoms with E-state index in [2.05, 4.69) is 20.9 Å². The fraction of sp³-hybridized carbons (Fsp3) is 0.273. The molecule has 0 radical (unpaired) electrons. The van der Waals surface area contributed by atoms with Gasteiger partial charge in [0.15, 0.2) is 0 Å². The van der Waals surface area contributed by atoms with E-state index in [0.29, 0.717) is 13.0 Å². The van der Waals surface area contributed by atoms with E-state index in [1.165, 1.54) is 0 Å². The SMILES string of the molecule is COc1ccc2c(CC(=O)NCCCn3c(C)nc4ccccc43)coc2c1. The molecule has 2 aromatic heterocycles. The van der Waals surface area contributed by atoms with E-state index < -0.39 is 0 Å². The van der Waals surface area contributed by atoms with Crippen molar-refractivity contribution in [2.45, 2.75) is 26.3 Å². The zero-order valence-corrected chi connectivity index (χ0v) is 16.1. The first-order valence-corrected chi connectivity index (χ1v) is 9.38. The summed E-state index contributed by atoms with van der Waals surface area (Å²) >= 11 is 0. The first-order valence-electron chi connectivity index (χ1n) is 9.38. The number of amides is 1. The number of carbonyl (C=O) groups is 1. The zero-order chi connectivity index (χ0) is 19.5. The van der Waals surface area contributed by atoms with Gasteiger partial charge in [0.25, 0.3) is 0 Å². The highest BCUT2D eigenvalue weighted by molar-refractivity contribution is 5.88. The molecule has 0 saturated heterocycles. The smallest absolute Gasteiger partial charge is 0.224 e. The van der Waals surface area contributed by atoms with Crippen LogP contribution in [0.3, 0.4) is 0 Å². The van der Waals surface area contributed by atoms with Crippen LogP contribution in [0.25, 0.3) is 22.0 Å². The lowest BCUT2D eigenvalue weighted by molar-refractivity contribution is -0.120. The molecule has 28 heavy (non-hydrogen) atoms. The van der Waals surface area contributed by atoms with E-state index in [4.69, 9.17) is 9.15 Å². The number of aromatic nitrogens is 2. The lowest BCUT2D eigenvalue weighted by Crippen LogP contribution is -2.26. The molecule has 1 N–H and O–H groups in total. The molecule has 0 spiro atoms. The van der Waals surface area contributed by atoms with Crippen molar-refractivity contribution < 1.29 is 13.9 Å². The van der Waals surface area contributed by atoms with Crippen molar-refractivity contribution in [3.63, 3.8) is 0 Å². The minimum atomic E-state index is -0.00858. The Balaban J connectivity index is 1.32. The molecule has 6 heteroatoms. The number of imidazole rings is 1. The predicted molar refractivity (Wildman–Crippen MR) is 109 cm³/mol. The van der Waals surface area contributed by atoms with E-state index in [9.17, 15) is 4.79 Å². The highest BCUT2D eigenvalue weighted by Gasteiger charge is 2.11. The summed E-state index contributed by atoms with van der Waals surface area (Å²) < 4.78 is 12.9. The van der Waals surface area contributed by atoms with Gasteiger partial charge in [0.1, 0.15) is 17.2 Å². The molecular formula is C22H23N3O3. The molecule has 1 amide bonds. The molecule has 6 nitrogen and oxygen atoms in total. The number of aryl methyl sites for hydroxylation is 2. The van der Waals surface area contributed by atoms with Crippen LogP contribution in [0.5, 0.6) is 5.75 Å². The van der Waals surface area contributed by atoms with Crippen molar-refractivity contribution in [2.75, 3.05) is 13.7 Å². The van der Waals surface area contributed by atoms with Crippen molar-refractivity contribution >= 4 is 27.9 Å². The standard InChI is InChI=1S/C22H23N3O3/c1-15-24-19-6-3-4-7-20(19)25(15)11-5-10-23-22(26)12-16-14-28-21-13-17(27-2)8-9-18(16)21/h3-4,6-9,13-14H,5,10-12H2,1-2H3,(H,23,26). The van der Waals surface area contributed by atoms with Gasteiger partial charge in [0.05, 0.1) is 30.8 Å². The number of ether oxygens (including phenoxy) is 1. The average molecular weight is 377 g/mol. The van der Waals surface area contributed by atoms with E-state index in [1.807, 2.05) is 43.3 Å². The number of furan rings is 1. The Morgan fingerprint density at radius 2 is 2.11 bits per heavy atom. The quantitative estimate of drug-likeness (QED) is 0.497. The molecule has 2 heterocycles. The van der Waals surface area contributed by atoms with Crippen LogP contribution < -0.4 is 10.1 Å². The minimum absolute atomic E-state index is 0.00858. The third kappa shape index (κ3) is 3.58. The number of nitrogens with one attached hydrogen (secondary N) is 1. The minimum Gasteiger partial charge on any atom is -0.497 e. The van der Waals surface area contributed by atoms with Crippen LogP contribution in [0.4, 0.5) is 0 Å². The van der Waals surface area contributed by atoms with Gasteiger partial charge in [-0.05, 0) is 37.6 Å². The molecule has 0 bridgehead atoms. The lowest BCUT2D eigenvalue weighted by Gasteiger charge is -2.08. The number of hydrogen-bond acceptors (Lipinski definition) is 4. The molecule has 2 aromatic carbocycles. The highest BCUT2D eigenvalue weighted by Crippen LogP contribution is 2.25. The molecule has 0 saturated carbocycles. The molecule has 0 unspecified atom stereocenters. The van der Waals surface area contributed by atoms with Gasteiger partial charge >= 0.3 is 0 Å². The summed E-state index contributed by atoms with van der Waals surface area (Å²) in [5.41, 5.74) is 3.75.